The molecule has 0 atom stereocenters. The van der Waals surface area contributed by atoms with Gasteiger partial charge in [-0.3, -0.25) is 4.79 Å². The lowest BCUT2D eigenvalue weighted by Gasteiger charge is -2.24. The number of halogens is 2. The maximum Gasteiger partial charge on any atom is 0.219 e. The molecule has 57 heavy (non-hydrogen) atoms. The number of nitrogens with zero attached hydrogens (tertiary/aromatic N) is 2. The Morgan fingerprint density at radius 1 is 0.614 bits per heavy atom. The van der Waals surface area contributed by atoms with Gasteiger partial charge in [-0.25, -0.2) is 18.6 Å². The maximum atomic E-state index is 14.5. The minimum absolute atomic E-state index is 0.00243. The molecule has 0 amide bonds. The summed E-state index contributed by atoms with van der Waals surface area (Å²) in [5.41, 5.74) is 12.9. The summed E-state index contributed by atoms with van der Waals surface area (Å²) in [7, 11) is -2.84. The first-order chi connectivity index (χ1) is 27.3. The molecule has 2 heterocycles. The van der Waals surface area contributed by atoms with Crippen LogP contribution in [0, 0.1) is 10.2 Å². The summed E-state index contributed by atoms with van der Waals surface area (Å²) >= 11 is 3.61. The number of carbonyl (C=O) groups excluding carboxylic acids is 1. The highest BCUT2D eigenvalue weighted by molar-refractivity contribution is 9.10. The number of carbonyl (C=O) groups is 1. The number of Topliss-reactive ketones (excluding diaryl/α,β-unsaturated/α-hetero) is 1. The summed E-state index contributed by atoms with van der Waals surface area (Å²) in [5, 5.41) is 0. The standard InChI is InChI=1S/C48H38BrN2O.ClHO4/c1-48(2)42-21-13-14-22-43(42)50(3)46(48)28-25-37-29-40(32-41(47(37)52)34-15-7-4-8-16-34)51-44(35-17-9-5-10-18-35)30-38(33-23-26-39(49)27-24-33)31-45(51)36-19-11-6-12-20-36;2-1(3,4)5/h4-32H,1-3H3;(H,2,3,4,5)/q+1;/p-1/b37-25-,46-28-;. The van der Waals surface area contributed by atoms with Crippen LogP contribution in [-0.4, -0.2) is 12.8 Å². The molecule has 1 aliphatic carbocycles. The molecule has 1 aliphatic heterocycles. The van der Waals surface area contributed by atoms with E-state index in [9.17, 15) is 4.79 Å². The summed E-state index contributed by atoms with van der Waals surface area (Å²) < 4.78 is 37.3. The van der Waals surface area contributed by atoms with Gasteiger partial charge < -0.3 is 4.90 Å². The minimum atomic E-state index is -4.94. The molecule has 1 aromatic heterocycles. The largest absolute Gasteiger partial charge is 0.347 e. The van der Waals surface area contributed by atoms with Gasteiger partial charge in [0, 0.05) is 74.9 Å². The Labute approximate surface area is 343 Å². The summed E-state index contributed by atoms with van der Waals surface area (Å²) in [4.78, 5) is 16.8. The first-order valence-corrected chi connectivity index (χ1v) is 20.2. The second-order valence-corrected chi connectivity index (χ2v) is 15.8. The van der Waals surface area contributed by atoms with Gasteiger partial charge in [0.2, 0.25) is 17.1 Å². The average Bonchev–Trinajstić information content (AvgIpc) is 3.41. The first kappa shape index (κ1) is 39.5. The highest BCUT2D eigenvalue weighted by atomic mass is 79.9. The van der Waals surface area contributed by atoms with Crippen molar-refractivity contribution in [2.75, 3.05) is 11.9 Å². The Hall–Kier alpha value is -5.71. The van der Waals surface area contributed by atoms with Crippen molar-refractivity contribution < 1.29 is 38.2 Å². The predicted octanol–water partition coefficient (Wildman–Crippen LogP) is 6.73. The molecule has 0 fully saturated rings. The van der Waals surface area contributed by atoms with E-state index in [2.05, 4.69) is 174 Å². The second kappa shape index (κ2) is 16.4. The Morgan fingerprint density at radius 2 is 1.11 bits per heavy atom. The fourth-order valence-electron chi connectivity index (χ4n) is 7.52. The summed E-state index contributed by atoms with van der Waals surface area (Å²) in [6.45, 7) is 4.50. The van der Waals surface area contributed by atoms with E-state index in [0.29, 0.717) is 11.1 Å². The van der Waals surface area contributed by atoms with Crippen LogP contribution in [0.2, 0.25) is 0 Å². The molecule has 0 saturated carbocycles. The number of hydrogen-bond donors (Lipinski definition) is 0. The summed E-state index contributed by atoms with van der Waals surface area (Å²) in [5.74, 6) is -0.00243. The molecule has 0 bridgehead atoms. The number of para-hydroxylation sites is 1. The number of rotatable bonds is 6. The third-order valence-electron chi connectivity index (χ3n) is 10.2. The van der Waals surface area contributed by atoms with Gasteiger partial charge in [-0.1, -0.05) is 127 Å². The lowest BCUT2D eigenvalue weighted by molar-refractivity contribution is -2.00. The van der Waals surface area contributed by atoms with Gasteiger partial charge in [0.05, 0.1) is 0 Å². The molecule has 0 radical (unpaired) electrons. The Bertz CT molecular complexity index is 2490. The van der Waals surface area contributed by atoms with Crippen LogP contribution in [0.25, 0.3) is 44.9 Å². The molecule has 0 saturated heterocycles. The third kappa shape index (κ3) is 8.67. The zero-order valence-corrected chi connectivity index (χ0v) is 33.8. The van der Waals surface area contributed by atoms with Crippen LogP contribution in [0.4, 0.5) is 5.69 Å². The van der Waals surface area contributed by atoms with Crippen molar-refractivity contribution in [3.63, 3.8) is 0 Å². The van der Waals surface area contributed by atoms with Crippen LogP contribution < -0.4 is 28.1 Å². The smallest absolute Gasteiger partial charge is 0.219 e. The topological polar surface area (TPSA) is 116 Å². The molecule has 0 N–H and O–H groups in total. The molecule has 284 valence electrons. The maximum absolute atomic E-state index is 14.5. The van der Waals surface area contributed by atoms with Crippen molar-refractivity contribution in [3.8, 4) is 33.6 Å². The van der Waals surface area contributed by atoms with Gasteiger partial charge in [-0.15, -0.1) is 10.2 Å². The monoisotopic (exact) mass is 836 g/mol. The lowest BCUT2D eigenvalue weighted by atomic mass is 9.83. The van der Waals surface area contributed by atoms with Gasteiger partial charge >= 0.3 is 0 Å². The van der Waals surface area contributed by atoms with Crippen LogP contribution in [0.5, 0.6) is 0 Å². The molecular weight excluding hydrogens is 800 g/mol. The number of hydrogen-bond acceptors (Lipinski definition) is 6. The van der Waals surface area contributed by atoms with Crippen LogP contribution in [0.1, 0.15) is 25.0 Å². The Kier molecular flexibility index (Phi) is 11.4. The zero-order chi connectivity index (χ0) is 40.3. The number of benzene rings is 5. The molecule has 9 heteroatoms. The van der Waals surface area contributed by atoms with Gasteiger partial charge in [0.15, 0.2) is 5.78 Å². The Morgan fingerprint density at radius 3 is 1.63 bits per heavy atom. The average molecular weight is 838 g/mol. The molecule has 0 spiro atoms. The normalized spacial score (nSPS) is 16.1. The lowest BCUT2D eigenvalue weighted by Crippen LogP contribution is -2.68. The van der Waals surface area contributed by atoms with Gasteiger partial charge in [-0.05, 0) is 76.9 Å². The minimum Gasteiger partial charge on any atom is -0.347 e. The highest BCUT2D eigenvalue weighted by Crippen LogP contribution is 2.47. The van der Waals surface area contributed by atoms with E-state index in [-0.39, 0.29) is 11.2 Å². The molecule has 8 rings (SSSR count). The molecule has 5 aromatic carbocycles. The van der Waals surface area contributed by atoms with Crippen molar-refractivity contribution >= 4 is 38.7 Å². The number of fused-ring (bicyclic) bond motifs is 1. The van der Waals surface area contributed by atoms with E-state index in [1.807, 2.05) is 48.5 Å². The highest BCUT2D eigenvalue weighted by Gasteiger charge is 2.38. The van der Waals surface area contributed by atoms with E-state index in [1.54, 1.807) is 0 Å². The van der Waals surface area contributed by atoms with Crippen molar-refractivity contribution in [2.45, 2.75) is 19.3 Å². The van der Waals surface area contributed by atoms with E-state index < -0.39 is 10.2 Å². The number of likely N-dealkylation sites (N-methyl/N-ethyl adjacent to an activating group) is 1. The van der Waals surface area contributed by atoms with Crippen LogP contribution in [-0.2, 0) is 10.2 Å². The van der Waals surface area contributed by atoms with Crippen molar-refractivity contribution in [3.05, 3.63) is 203 Å². The Balaban J connectivity index is 0.000000935. The summed E-state index contributed by atoms with van der Waals surface area (Å²) in [6.07, 6.45) is 8.26. The molecule has 2 aliphatic rings. The van der Waals surface area contributed by atoms with E-state index in [4.69, 9.17) is 18.6 Å². The van der Waals surface area contributed by atoms with Crippen molar-refractivity contribution in [1.29, 1.82) is 0 Å². The van der Waals surface area contributed by atoms with Crippen molar-refractivity contribution in [1.82, 2.24) is 0 Å². The van der Waals surface area contributed by atoms with E-state index >= 15 is 0 Å². The fourth-order valence-corrected chi connectivity index (χ4v) is 7.78. The van der Waals surface area contributed by atoms with Gasteiger partial charge in [0.1, 0.15) is 0 Å². The third-order valence-corrected chi connectivity index (χ3v) is 10.7. The number of pyridine rings is 1. The quantitative estimate of drug-likeness (QED) is 0.136. The SMILES string of the molecule is CN1/C(=C\C=C2\C=C([n+]3c(-c4ccccc4)cc(-c4ccc(Br)cc4)cc3-c3ccccc3)C=C(c3ccccc3)C2=O)C(C)(C)c2ccccc21.[O-][Cl+3]([O-])([O-])[O-]. The van der Waals surface area contributed by atoms with Crippen LogP contribution in [0.3, 0.4) is 0 Å². The number of ketones is 1. The molecule has 7 nitrogen and oxygen atoms in total. The van der Waals surface area contributed by atoms with Crippen LogP contribution >= 0.6 is 15.9 Å². The zero-order valence-electron chi connectivity index (χ0n) is 31.4. The van der Waals surface area contributed by atoms with Gasteiger partial charge in [-0.2, -0.15) is 4.57 Å². The van der Waals surface area contributed by atoms with E-state index in [1.165, 1.54) is 11.3 Å². The predicted molar refractivity (Wildman–Crippen MR) is 218 cm³/mol. The summed E-state index contributed by atoms with van der Waals surface area (Å²) in [6, 6.07) is 52.5. The molecular formula is C48H38BrClN2O5. The first-order valence-electron chi connectivity index (χ1n) is 18.2. The van der Waals surface area contributed by atoms with Gasteiger partial charge in [0.25, 0.3) is 0 Å². The number of anilines is 1. The second-order valence-electron chi connectivity index (χ2n) is 14.2. The van der Waals surface area contributed by atoms with E-state index in [0.717, 1.165) is 55.1 Å². The molecule has 6 aromatic rings. The number of aromatic nitrogens is 1. The van der Waals surface area contributed by atoms with Crippen molar-refractivity contribution in [2.24, 2.45) is 0 Å². The fraction of sp³-hybridized carbons (Fsp3) is 0.0833. The number of allylic oxidation sites excluding steroid dienone is 8. The molecule has 0 unspecified atom stereocenters. The van der Waals surface area contributed by atoms with Crippen LogP contribution in [0.15, 0.2) is 192 Å².